The number of urea groups is 1. The van der Waals surface area contributed by atoms with Crippen molar-refractivity contribution in [1.82, 2.24) is 4.90 Å². The number of Topliss-reactive ketones (excluding diaryl/α,β-unsaturated/α-hetero) is 1. The summed E-state index contributed by atoms with van der Waals surface area (Å²) in [4.78, 5) is 42.3. The Labute approximate surface area is 229 Å². The lowest BCUT2D eigenvalue weighted by molar-refractivity contribution is -0.142. The third-order valence-corrected chi connectivity index (χ3v) is 7.25. The van der Waals surface area contributed by atoms with Crippen molar-refractivity contribution < 1.29 is 28.3 Å². The van der Waals surface area contributed by atoms with Crippen molar-refractivity contribution in [2.75, 3.05) is 5.32 Å². The number of amides is 2. The van der Waals surface area contributed by atoms with E-state index >= 15 is 0 Å². The van der Waals surface area contributed by atoms with Gasteiger partial charge in [-0.15, -0.1) is 0 Å². The topological polar surface area (TPSA) is 86.7 Å². The van der Waals surface area contributed by atoms with Gasteiger partial charge in [0.25, 0.3) is 0 Å². The van der Waals surface area contributed by atoms with E-state index in [9.17, 15) is 28.3 Å². The largest absolute Gasteiger partial charge is 0.480 e. The number of hydrogen-bond donors (Lipinski definition) is 2. The van der Waals surface area contributed by atoms with Crippen molar-refractivity contribution in [1.29, 1.82) is 0 Å². The van der Waals surface area contributed by atoms with Crippen LogP contribution < -0.4 is 5.32 Å². The molecule has 4 unspecified atom stereocenters. The minimum Gasteiger partial charge on any atom is -0.480 e. The molecule has 1 aliphatic heterocycles. The van der Waals surface area contributed by atoms with Gasteiger partial charge in [-0.25, -0.2) is 18.4 Å². The van der Waals surface area contributed by atoms with Crippen molar-refractivity contribution in [3.05, 3.63) is 137 Å². The molecule has 6 nitrogen and oxygen atoms in total. The van der Waals surface area contributed by atoms with E-state index in [-0.39, 0.29) is 5.78 Å². The average Bonchev–Trinajstić information content (AvgIpc) is 3.30. The number of carbonyl (C=O) groups is 3. The van der Waals surface area contributed by atoms with E-state index < -0.39 is 47.6 Å². The first-order valence-corrected chi connectivity index (χ1v) is 12.7. The number of carbonyl (C=O) groups excluding carboxylic acids is 2. The summed E-state index contributed by atoms with van der Waals surface area (Å²) in [7, 11) is 0. The first-order valence-electron chi connectivity index (χ1n) is 12.7. The highest BCUT2D eigenvalue weighted by Gasteiger charge is 2.57. The molecule has 8 heteroatoms. The molecule has 0 saturated carbocycles. The highest BCUT2D eigenvalue weighted by molar-refractivity contribution is 6.02. The summed E-state index contributed by atoms with van der Waals surface area (Å²) in [5, 5.41) is 13.3. The highest BCUT2D eigenvalue weighted by Crippen LogP contribution is 2.51. The molecule has 5 rings (SSSR count). The molecule has 0 aromatic heterocycles. The number of nitrogens with zero attached hydrogens (tertiary/aromatic N) is 1. The van der Waals surface area contributed by atoms with Crippen molar-refractivity contribution in [3.8, 4) is 0 Å². The minimum atomic E-state index is -1.50. The van der Waals surface area contributed by atoms with Crippen LogP contribution >= 0.6 is 0 Å². The van der Waals surface area contributed by atoms with E-state index in [1.54, 1.807) is 48.5 Å². The zero-order valence-electron chi connectivity index (χ0n) is 21.5. The third-order valence-electron chi connectivity index (χ3n) is 7.25. The van der Waals surface area contributed by atoms with Crippen molar-refractivity contribution in [2.24, 2.45) is 5.92 Å². The molecule has 2 N–H and O–H groups in total. The van der Waals surface area contributed by atoms with Crippen LogP contribution in [-0.4, -0.2) is 33.8 Å². The molecule has 0 bridgehead atoms. The Bertz CT molecular complexity index is 1540. The maximum absolute atomic E-state index is 14.3. The van der Waals surface area contributed by atoms with Gasteiger partial charge in [0.1, 0.15) is 17.7 Å². The summed E-state index contributed by atoms with van der Waals surface area (Å²) in [6.45, 7) is 1.83. The molecular weight excluding hydrogens is 514 g/mol. The molecule has 0 aliphatic carbocycles. The number of rotatable bonds is 6. The van der Waals surface area contributed by atoms with E-state index in [4.69, 9.17) is 0 Å². The molecule has 1 heterocycles. The zero-order chi connectivity index (χ0) is 28.4. The fourth-order valence-electron chi connectivity index (χ4n) is 5.55. The Morgan fingerprint density at radius 3 is 1.95 bits per heavy atom. The predicted octanol–water partition coefficient (Wildman–Crippen LogP) is 6.60. The van der Waals surface area contributed by atoms with Crippen LogP contribution in [0.15, 0.2) is 103 Å². The van der Waals surface area contributed by atoms with Gasteiger partial charge in [0, 0.05) is 17.2 Å². The Morgan fingerprint density at radius 1 is 0.775 bits per heavy atom. The third kappa shape index (κ3) is 5.20. The van der Waals surface area contributed by atoms with Gasteiger partial charge in [-0.1, -0.05) is 66.2 Å². The smallest absolute Gasteiger partial charge is 0.327 e. The predicted molar refractivity (Wildman–Crippen MR) is 146 cm³/mol. The van der Waals surface area contributed by atoms with E-state index in [0.717, 1.165) is 10.5 Å². The summed E-state index contributed by atoms with van der Waals surface area (Å²) < 4.78 is 27.9. The second-order valence-corrected chi connectivity index (χ2v) is 9.82. The van der Waals surface area contributed by atoms with Gasteiger partial charge in [-0.05, 0) is 60.5 Å². The van der Waals surface area contributed by atoms with Gasteiger partial charge in [0.05, 0.1) is 12.0 Å². The Hall–Kier alpha value is -4.85. The summed E-state index contributed by atoms with van der Waals surface area (Å²) in [6.07, 6.45) is 0. The maximum Gasteiger partial charge on any atom is 0.327 e. The van der Waals surface area contributed by atoms with Crippen molar-refractivity contribution >= 4 is 23.5 Å². The molecule has 1 aliphatic rings. The lowest BCUT2D eigenvalue weighted by Gasteiger charge is -2.30. The quantitative estimate of drug-likeness (QED) is 0.270. The minimum absolute atomic E-state index is 0.346. The molecule has 1 fully saturated rings. The fraction of sp³-hybridized carbons (Fsp3) is 0.156. The number of benzene rings is 4. The number of aliphatic carboxylic acids is 1. The Kier molecular flexibility index (Phi) is 7.42. The number of ketones is 1. The standard InChI is InChI=1S/C32H26F2N2O4/c1-19-6-5-7-22(18-19)30(37)27-26(20-10-14-23(33)15-11-20)29(31(38)39)36(28(27)21-12-16-24(34)17-13-21)32(40)35-25-8-3-2-4-9-25/h2-18,26-29H,1H3,(H,35,40)(H,38,39). The highest BCUT2D eigenvalue weighted by atomic mass is 19.1. The number of likely N-dealkylation sites (tertiary alicyclic amines) is 1. The van der Waals surface area contributed by atoms with E-state index in [1.807, 2.05) is 13.0 Å². The Morgan fingerprint density at radius 2 is 1.38 bits per heavy atom. The van der Waals surface area contributed by atoms with Crippen LogP contribution in [0.5, 0.6) is 0 Å². The molecule has 0 spiro atoms. The first-order chi connectivity index (χ1) is 19.2. The second kappa shape index (κ2) is 11.1. The Balaban J connectivity index is 1.73. The zero-order valence-corrected chi connectivity index (χ0v) is 21.5. The van der Waals surface area contributed by atoms with Gasteiger partial charge in [0.15, 0.2) is 5.78 Å². The number of carboxylic acid groups (broad SMARTS) is 1. The summed E-state index contributed by atoms with van der Waals surface area (Å²) in [6, 6.07) is 22.7. The molecular formula is C32H26F2N2O4. The summed E-state index contributed by atoms with van der Waals surface area (Å²) >= 11 is 0. The second-order valence-electron chi connectivity index (χ2n) is 9.82. The molecule has 4 aromatic rings. The van der Waals surface area contributed by atoms with E-state index in [2.05, 4.69) is 5.32 Å². The van der Waals surface area contributed by atoms with Crippen molar-refractivity contribution in [3.63, 3.8) is 0 Å². The maximum atomic E-state index is 14.3. The van der Waals surface area contributed by atoms with E-state index in [0.29, 0.717) is 22.4 Å². The number of halogens is 2. The van der Waals surface area contributed by atoms with Gasteiger partial charge >= 0.3 is 12.0 Å². The molecule has 0 radical (unpaired) electrons. The SMILES string of the molecule is Cc1cccc(C(=O)C2C(c3ccc(F)cc3)C(C(=O)O)N(C(=O)Nc3ccccc3)C2c2ccc(F)cc2)c1. The molecule has 2 amide bonds. The number of para-hydroxylation sites is 1. The van der Waals surface area contributed by atoms with Crippen LogP contribution in [0.1, 0.15) is 39.0 Å². The number of anilines is 1. The van der Waals surface area contributed by atoms with Crippen LogP contribution in [0.3, 0.4) is 0 Å². The van der Waals surface area contributed by atoms with Crippen LogP contribution in [0.25, 0.3) is 0 Å². The summed E-state index contributed by atoms with van der Waals surface area (Å²) in [5.74, 6) is -4.88. The lowest BCUT2D eigenvalue weighted by atomic mass is 9.76. The number of nitrogens with one attached hydrogen (secondary N) is 1. The average molecular weight is 541 g/mol. The number of aryl methyl sites for hydroxylation is 1. The first kappa shape index (κ1) is 26.7. The van der Waals surface area contributed by atoms with Gasteiger partial charge in [-0.3, -0.25) is 4.79 Å². The van der Waals surface area contributed by atoms with Gasteiger partial charge < -0.3 is 15.3 Å². The van der Waals surface area contributed by atoms with Gasteiger partial charge in [-0.2, -0.15) is 0 Å². The fourth-order valence-corrected chi connectivity index (χ4v) is 5.55. The number of carboxylic acids is 1. The van der Waals surface area contributed by atoms with Gasteiger partial charge in [0.2, 0.25) is 0 Å². The monoisotopic (exact) mass is 540 g/mol. The van der Waals surface area contributed by atoms with Crippen LogP contribution in [0.2, 0.25) is 0 Å². The van der Waals surface area contributed by atoms with E-state index in [1.165, 1.54) is 48.5 Å². The van der Waals surface area contributed by atoms with Crippen LogP contribution in [0, 0.1) is 24.5 Å². The van der Waals surface area contributed by atoms with Crippen LogP contribution in [-0.2, 0) is 4.79 Å². The molecule has 202 valence electrons. The lowest BCUT2D eigenvalue weighted by Crippen LogP contribution is -2.45. The molecule has 40 heavy (non-hydrogen) atoms. The van der Waals surface area contributed by atoms with Crippen LogP contribution in [0.4, 0.5) is 19.3 Å². The normalized spacial score (nSPS) is 20.2. The van der Waals surface area contributed by atoms with Crippen molar-refractivity contribution in [2.45, 2.75) is 24.9 Å². The summed E-state index contributed by atoms with van der Waals surface area (Å²) in [5.41, 5.74) is 2.39. The molecule has 4 atom stereocenters. The molecule has 4 aromatic carbocycles. The number of hydrogen-bond acceptors (Lipinski definition) is 3. The molecule has 1 saturated heterocycles.